The zero-order valence-corrected chi connectivity index (χ0v) is 20.5. The van der Waals surface area contributed by atoms with E-state index in [1.165, 1.54) is 12.1 Å². The van der Waals surface area contributed by atoms with Crippen LogP contribution in [-0.4, -0.2) is 64.9 Å². The summed E-state index contributed by atoms with van der Waals surface area (Å²) in [5.74, 6) is 0.0920. The van der Waals surface area contributed by atoms with Gasteiger partial charge >= 0.3 is 0 Å². The van der Waals surface area contributed by atoms with Crippen LogP contribution in [0.25, 0.3) is 0 Å². The summed E-state index contributed by atoms with van der Waals surface area (Å²) < 4.78 is 25.9. The van der Waals surface area contributed by atoms with Gasteiger partial charge in [-0.1, -0.05) is 12.5 Å². The van der Waals surface area contributed by atoms with Crippen molar-refractivity contribution in [3.63, 3.8) is 0 Å². The summed E-state index contributed by atoms with van der Waals surface area (Å²) in [6, 6.07) is 11.4. The first kappa shape index (κ1) is 23.9. The van der Waals surface area contributed by atoms with Crippen molar-refractivity contribution in [2.45, 2.75) is 69.4 Å². The van der Waals surface area contributed by atoms with Gasteiger partial charge in [0, 0.05) is 43.7 Å². The van der Waals surface area contributed by atoms with E-state index in [1.54, 1.807) is 23.1 Å². The highest BCUT2D eigenvalue weighted by molar-refractivity contribution is 6.05. The summed E-state index contributed by atoms with van der Waals surface area (Å²) in [7, 11) is 0. The summed E-state index contributed by atoms with van der Waals surface area (Å²) in [5, 5.41) is 2.34. The molecule has 8 nitrogen and oxygen atoms in total. The largest absolute Gasteiger partial charge is 0.489 e. The molecule has 4 aliphatic rings. The van der Waals surface area contributed by atoms with E-state index in [4.69, 9.17) is 9.47 Å². The number of hydrogen-bond donors (Lipinski definition) is 1. The van der Waals surface area contributed by atoms with Gasteiger partial charge in [-0.2, -0.15) is 0 Å². The van der Waals surface area contributed by atoms with E-state index in [0.29, 0.717) is 24.3 Å². The molecule has 6 rings (SSSR count). The number of rotatable bonds is 6. The maximum atomic E-state index is 13.5. The van der Waals surface area contributed by atoms with Crippen LogP contribution in [0, 0.1) is 5.82 Å². The van der Waals surface area contributed by atoms with Gasteiger partial charge in [0.25, 0.3) is 5.91 Å². The molecule has 1 aliphatic carbocycles. The topological polar surface area (TPSA) is 88.2 Å². The SMILES string of the molecule is O=C1CCC(N2Cc3cc(O[C@H]4CCCC[C@@H]4N4CC(Oc5cccc(F)c5)C4)ccc3C2=O)C(=O)N1. The third-order valence-electron chi connectivity index (χ3n) is 7.89. The standard InChI is InChI=1S/C28H30FN3O5/c29-18-4-3-5-19(13-18)36-21-15-31(16-21)23-6-1-2-7-25(23)37-20-8-9-22-17(12-20)14-32(28(22)35)24-10-11-26(33)30-27(24)34/h3-5,8-9,12-13,21,23-25H,1-2,6-7,10-11,14-16H2,(H,30,33,34)/t23-,24?,25-/m0/s1. The van der Waals surface area contributed by atoms with E-state index in [-0.39, 0.29) is 42.3 Å². The predicted octanol–water partition coefficient (Wildman–Crippen LogP) is 3.04. The molecule has 1 unspecified atom stereocenters. The number of halogens is 1. The Bertz CT molecular complexity index is 1230. The smallest absolute Gasteiger partial charge is 0.255 e. The van der Waals surface area contributed by atoms with Crippen LogP contribution >= 0.6 is 0 Å². The lowest BCUT2D eigenvalue weighted by Gasteiger charge is -2.47. The van der Waals surface area contributed by atoms with Crippen molar-refractivity contribution in [1.29, 1.82) is 0 Å². The average Bonchev–Trinajstić information content (AvgIpc) is 3.17. The van der Waals surface area contributed by atoms with Crippen LogP contribution in [0.3, 0.4) is 0 Å². The number of piperidine rings is 1. The van der Waals surface area contributed by atoms with Gasteiger partial charge in [0.1, 0.15) is 35.6 Å². The molecule has 194 valence electrons. The molecular weight excluding hydrogens is 477 g/mol. The van der Waals surface area contributed by atoms with Crippen LogP contribution < -0.4 is 14.8 Å². The van der Waals surface area contributed by atoms with Crippen LogP contribution in [0.1, 0.15) is 54.4 Å². The van der Waals surface area contributed by atoms with Crippen molar-refractivity contribution in [3.05, 3.63) is 59.4 Å². The zero-order valence-electron chi connectivity index (χ0n) is 20.5. The van der Waals surface area contributed by atoms with Crippen LogP contribution in [0.2, 0.25) is 0 Å². The Hall–Kier alpha value is -3.46. The Morgan fingerprint density at radius 1 is 0.919 bits per heavy atom. The fourth-order valence-electron chi connectivity index (χ4n) is 5.98. The minimum atomic E-state index is -0.626. The van der Waals surface area contributed by atoms with Crippen LogP contribution in [0.4, 0.5) is 4.39 Å². The summed E-state index contributed by atoms with van der Waals surface area (Å²) in [4.78, 5) is 40.7. The molecule has 1 N–H and O–H groups in total. The Labute approximate surface area is 214 Å². The maximum absolute atomic E-state index is 13.5. The van der Waals surface area contributed by atoms with E-state index in [0.717, 1.165) is 50.1 Å². The Morgan fingerprint density at radius 2 is 1.73 bits per heavy atom. The third kappa shape index (κ3) is 4.80. The molecule has 0 aromatic heterocycles. The third-order valence-corrected chi connectivity index (χ3v) is 7.89. The number of hydrogen-bond acceptors (Lipinski definition) is 6. The van der Waals surface area contributed by atoms with Crippen molar-refractivity contribution in [2.24, 2.45) is 0 Å². The molecule has 37 heavy (non-hydrogen) atoms. The molecule has 0 spiro atoms. The zero-order chi connectivity index (χ0) is 25.5. The lowest BCUT2D eigenvalue weighted by molar-refractivity contribution is -0.136. The number of nitrogens with one attached hydrogen (secondary N) is 1. The highest BCUT2D eigenvalue weighted by Crippen LogP contribution is 2.34. The van der Waals surface area contributed by atoms with Gasteiger partial charge in [0.2, 0.25) is 11.8 Å². The summed E-state index contributed by atoms with van der Waals surface area (Å²) >= 11 is 0. The number of imide groups is 1. The molecule has 9 heteroatoms. The van der Waals surface area contributed by atoms with Crippen LogP contribution in [0.5, 0.6) is 11.5 Å². The lowest BCUT2D eigenvalue weighted by Crippen LogP contribution is -2.62. The van der Waals surface area contributed by atoms with Crippen molar-refractivity contribution in [3.8, 4) is 11.5 Å². The lowest BCUT2D eigenvalue weighted by atomic mass is 9.89. The number of carbonyl (C=O) groups excluding carboxylic acids is 3. The first-order valence-corrected chi connectivity index (χ1v) is 13.0. The highest BCUT2D eigenvalue weighted by Gasteiger charge is 2.41. The Kier molecular flexibility index (Phi) is 6.32. The molecule has 3 aliphatic heterocycles. The molecule has 0 bridgehead atoms. The van der Waals surface area contributed by atoms with Gasteiger partial charge in [-0.3, -0.25) is 24.6 Å². The molecule has 3 atom stereocenters. The molecule has 3 heterocycles. The van der Waals surface area contributed by atoms with Gasteiger partial charge in [-0.05, 0) is 61.6 Å². The summed E-state index contributed by atoms with van der Waals surface area (Å²) in [6.45, 7) is 1.89. The van der Waals surface area contributed by atoms with Crippen LogP contribution in [0.15, 0.2) is 42.5 Å². The molecule has 0 radical (unpaired) electrons. The quantitative estimate of drug-likeness (QED) is 0.605. The number of carbonyl (C=O) groups is 3. The first-order valence-electron chi connectivity index (χ1n) is 13.0. The molecule has 2 saturated heterocycles. The number of benzene rings is 2. The second-order valence-electron chi connectivity index (χ2n) is 10.4. The maximum Gasteiger partial charge on any atom is 0.255 e. The summed E-state index contributed by atoms with van der Waals surface area (Å²) in [6.07, 6.45) is 4.90. The fourth-order valence-corrected chi connectivity index (χ4v) is 5.98. The van der Waals surface area contributed by atoms with Gasteiger partial charge in [-0.25, -0.2) is 4.39 Å². The Balaban J connectivity index is 1.09. The van der Waals surface area contributed by atoms with E-state index in [2.05, 4.69) is 10.2 Å². The number of fused-ring (bicyclic) bond motifs is 1. The Morgan fingerprint density at radius 3 is 2.54 bits per heavy atom. The van der Waals surface area contributed by atoms with Gasteiger partial charge in [0.05, 0.1) is 0 Å². The minimum Gasteiger partial charge on any atom is -0.489 e. The minimum absolute atomic E-state index is 0.0327. The second-order valence-corrected chi connectivity index (χ2v) is 10.4. The van der Waals surface area contributed by atoms with Gasteiger partial charge < -0.3 is 14.4 Å². The highest BCUT2D eigenvalue weighted by atomic mass is 19.1. The molecule has 1 saturated carbocycles. The molecule has 2 aromatic carbocycles. The molecule has 2 aromatic rings. The molecular formula is C28H30FN3O5. The normalized spacial score (nSPS) is 26.5. The predicted molar refractivity (Wildman–Crippen MR) is 132 cm³/mol. The fraction of sp³-hybridized carbons (Fsp3) is 0.464. The van der Waals surface area contributed by atoms with E-state index in [1.807, 2.05) is 12.1 Å². The molecule has 3 amide bonds. The molecule has 3 fully saturated rings. The van der Waals surface area contributed by atoms with E-state index >= 15 is 0 Å². The number of likely N-dealkylation sites (tertiary alicyclic amines) is 1. The number of nitrogens with zero attached hydrogens (tertiary/aromatic N) is 2. The average molecular weight is 508 g/mol. The van der Waals surface area contributed by atoms with E-state index in [9.17, 15) is 18.8 Å². The monoisotopic (exact) mass is 507 g/mol. The summed E-state index contributed by atoms with van der Waals surface area (Å²) in [5.41, 5.74) is 1.42. The van der Waals surface area contributed by atoms with Gasteiger partial charge in [-0.15, -0.1) is 0 Å². The second kappa shape index (κ2) is 9.78. The van der Waals surface area contributed by atoms with Crippen molar-refractivity contribution in [2.75, 3.05) is 13.1 Å². The van der Waals surface area contributed by atoms with Gasteiger partial charge in [0.15, 0.2) is 0 Å². The first-order chi connectivity index (χ1) is 17.9. The van der Waals surface area contributed by atoms with Crippen molar-refractivity contribution >= 4 is 17.7 Å². The van der Waals surface area contributed by atoms with Crippen LogP contribution in [-0.2, 0) is 16.1 Å². The number of amides is 3. The van der Waals surface area contributed by atoms with E-state index < -0.39 is 11.9 Å². The van der Waals surface area contributed by atoms with Crippen molar-refractivity contribution in [1.82, 2.24) is 15.1 Å². The number of ether oxygens (including phenoxy) is 2. The van der Waals surface area contributed by atoms with Crippen molar-refractivity contribution < 1.29 is 28.2 Å².